The van der Waals surface area contributed by atoms with Gasteiger partial charge >= 0.3 is 0 Å². The molecule has 0 amide bonds. The van der Waals surface area contributed by atoms with Crippen LogP contribution in [-0.4, -0.2) is 56.5 Å². The quantitative estimate of drug-likeness (QED) is 0.781. The summed E-state index contributed by atoms with van der Waals surface area (Å²) in [6.07, 6.45) is 3.43. The molecule has 2 fully saturated rings. The number of rotatable bonds is 6. The zero-order valence-electron chi connectivity index (χ0n) is 11.7. The van der Waals surface area contributed by atoms with E-state index in [0.29, 0.717) is 23.5 Å². The summed E-state index contributed by atoms with van der Waals surface area (Å²) in [5.41, 5.74) is 0. The van der Waals surface area contributed by atoms with Crippen LogP contribution in [0.1, 0.15) is 33.1 Å². The predicted molar refractivity (Wildman–Crippen MR) is 74.5 cm³/mol. The first-order valence-corrected chi connectivity index (χ1v) is 8.87. The van der Waals surface area contributed by atoms with Crippen LogP contribution in [0.4, 0.5) is 0 Å². The summed E-state index contributed by atoms with van der Waals surface area (Å²) in [5.74, 6) is 1.26. The third kappa shape index (κ3) is 3.68. The Labute approximate surface area is 111 Å². The highest BCUT2D eigenvalue weighted by Gasteiger charge is 2.33. The summed E-state index contributed by atoms with van der Waals surface area (Å²) in [6, 6.07) is 1.39. The second kappa shape index (κ2) is 5.47. The fraction of sp³-hybridized carbons (Fsp3) is 1.00. The minimum Gasteiger partial charge on any atom is -0.314 e. The fourth-order valence-electron chi connectivity index (χ4n) is 2.64. The lowest BCUT2D eigenvalue weighted by Crippen LogP contribution is -2.45. The first-order valence-electron chi connectivity index (χ1n) is 7.05. The molecule has 106 valence electrons. The molecular weight excluding hydrogens is 248 g/mol. The van der Waals surface area contributed by atoms with E-state index in [1.165, 1.54) is 12.8 Å². The van der Waals surface area contributed by atoms with Crippen molar-refractivity contribution in [2.45, 2.75) is 51.2 Å². The van der Waals surface area contributed by atoms with E-state index in [1.807, 2.05) is 0 Å². The molecule has 0 aromatic rings. The lowest BCUT2D eigenvalue weighted by Gasteiger charge is -2.34. The Morgan fingerprint density at radius 1 is 1.28 bits per heavy atom. The van der Waals surface area contributed by atoms with Gasteiger partial charge in [-0.25, -0.2) is 8.42 Å². The molecule has 1 saturated carbocycles. The molecule has 3 unspecified atom stereocenters. The minimum atomic E-state index is -2.77. The molecule has 1 N–H and O–H groups in total. The van der Waals surface area contributed by atoms with Crippen molar-refractivity contribution in [3.8, 4) is 0 Å². The smallest absolute Gasteiger partial charge is 0.151 e. The third-order valence-electron chi connectivity index (χ3n) is 4.56. The van der Waals surface area contributed by atoms with Gasteiger partial charge in [0.15, 0.2) is 9.84 Å². The van der Waals surface area contributed by atoms with Crippen LogP contribution in [0.5, 0.6) is 0 Å². The van der Waals surface area contributed by atoms with E-state index >= 15 is 0 Å². The van der Waals surface area contributed by atoms with E-state index in [2.05, 4.69) is 31.1 Å². The normalized spacial score (nSPS) is 30.6. The molecule has 0 bridgehead atoms. The fourth-order valence-corrected chi connectivity index (χ4v) is 4.43. The van der Waals surface area contributed by atoms with Crippen molar-refractivity contribution in [3.63, 3.8) is 0 Å². The summed E-state index contributed by atoms with van der Waals surface area (Å²) < 4.78 is 23.0. The van der Waals surface area contributed by atoms with Crippen molar-refractivity contribution in [1.82, 2.24) is 10.2 Å². The van der Waals surface area contributed by atoms with Gasteiger partial charge in [-0.3, -0.25) is 4.90 Å². The van der Waals surface area contributed by atoms with E-state index in [9.17, 15) is 8.42 Å². The maximum absolute atomic E-state index is 11.5. The number of nitrogens with one attached hydrogen (secondary N) is 1. The zero-order valence-corrected chi connectivity index (χ0v) is 12.5. The van der Waals surface area contributed by atoms with Crippen molar-refractivity contribution < 1.29 is 8.42 Å². The Kier molecular flexibility index (Phi) is 4.34. The molecule has 0 radical (unpaired) electrons. The third-order valence-corrected chi connectivity index (χ3v) is 6.31. The molecule has 18 heavy (non-hydrogen) atoms. The monoisotopic (exact) mass is 274 g/mol. The van der Waals surface area contributed by atoms with Crippen LogP contribution < -0.4 is 5.32 Å². The van der Waals surface area contributed by atoms with Crippen LogP contribution in [0.15, 0.2) is 0 Å². The molecule has 1 aliphatic heterocycles. The highest BCUT2D eigenvalue weighted by atomic mass is 32.2. The van der Waals surface area contributed by atoms with E-state index in [4.69, 9.17) is 0 Å². The summed E-state index contributed by atoms with van der Waals surface area (Å²) in [4.78, 5) is 2.27. The Balaban J connectivity index is 1.81. The summed E-state index contributed by atoms with van der Waals surface area (Å²) in [5, 5.41) is 3.55. The maximum Gasteiger partial charge on any atom is 0.151 e. The Bertz CT molecular complexity index is 378. The molecule has 1 heterocycles. The molecule has 1 saturated heterocycles. The molecule has 2 aliphatic rings. The van der Waals surface area contributed by atoms with Gasteiger partial charge in [0.05, 0.1) is 11.5 Å². The molecule has 0 aromatic heterocycles. The van der Waals surface area contributed by atoms with Crippen molar-refractivity contribution in [1.29, 1.82) is 0 Å². The van der Waals surface area contributed by atoms with E-state index in [1.54, 1.807) is 0 Å². The summed E-state index contributed by atoms with van der Waals surface area (Å²) in [7, 11) is -0.700. The van der Waals surface area contributed by atoms with Crippen LogP contribution in [0, 0.1) is 5.92 Å². The van der Waals surface area contributed by atoms with Crippen LogP contribution in [-0.2, 0) is 9.84 Å². The van der Waals surface area contributed by atoms with Gasteiger partial charge in [0.1, 0.15) is 0 Å². The van der Waals surface area contributed by atoms with E-state index in [-0.39, 0.29) is 6.04 Å². The number of sulfone groups is 1. The highest BCUT2D eigenvalue weighted by molar-refractivity contribution is 7.91. The SMILES string of the molecule is CC(CNC1CC1)C(C)N(C)C1CCS(=O)(=O)C1. The van der Waals surface area contributed by atoms with Gasteiger partial charge in [-0.15, -0.1) is 0 Å². The standard InChI is InChI=1S/C13H26N2O2S/c1-10(8-14-12-4-5-12)11(2)15(3)13-6-7-18(16,17)9-13/h10-14H,4-9H2,1-3H3. The van der Waals surface area contributed by atoms with Crippen molar-refractivity contribution in [2.24, 2.45) is 5.92 Å². The van der Waals surface area contributed by atoms with Gasteiger partial charge < -0.3 is 5.32 Å². The second-order valence-electron chi connectivity index (χ2n) is 6.12. The van der Waals surface area contributed by atoms with Crippen molar-refractivity contribution in [3.05, 3.63) is 0 Å². The molecule has 4 nitrogen and oxygen atoms in total. The topological polar surface area (TPSA) is 49.4 Å². The predicted octanol–water partition coefficient (Wildman–Crippen LogP) is 0.882. The molecule has 2 rings (SSSR count). The van der Waals surface area contributed by atoms with Gasteiger partial charge in [0, 0.05) is 18.1 Å². The first-order chi connectivity index (χ1) is 8.39. The van der Waals surface area contributed by atoms with Crippen molar-refractivity contribution in [2.75, 3.05) is 25.1 Å². The van der Waals surface area contributed by atoms with Gasteiger partial charge in [0.25, 0.3) is 0 Å². The maximum atomic E-state index is 11.5. The molecule has 1 aliphatic carbocycles. The van der Waals surface area contributed by atoms with Crippen molar-refractivity contribution >= 4 is 9.84 Å². The number of nitrogens with zero attached hydrogens (tertiary/aromatic N) is 1. The van der Waals surface area contributed by atoms with Crippen LogP contribution in [0.2, 0.25) is 0 Å². The minimum absolute atomic E-state index is 0.216. The first kappa shape index (κ1) is 14.3. The van der Waals surface area contributed by atoms with Crippen LogP contribution in [0.25, 0.3) is 0 Å². The molecule has 5 heteroatoms. The average molecular weight is 274 g/mol. The lowest BCUT2D eigenvalue weighted by molar-refractivity contribution is 0.152. The zero-order chi connectivity index (χ0) is 13.3. The lowest BCUT2D eigenvalue weighted by atomic mass is 10.0. The highest BCUT2D eigenvalue weighted by Crippen LogP contribution is 2.22. The van der Waals surface area contributed by atoms with Gasteiger partial charge in [-0.1, -0.05) is 6.92 Å². The van der Waals surface area contributed by atoms with E-state index in [0.717, 1.165) is 19.0 Å². The largest absolute Gasteiger partial charge is 0.314 e. The van der Waals surface area contributed by atoms with E-state index < -0.39 is 9.84 Å². The Hall–Kier alpha value is -0.130. The van der Waals surface area contributed by atoms with Gasteiger partial charge in [-0.2, -0.15) is 0 Å². The van der Waals surface area contributed by atoms with Crippen LogP contribution in [0.3, 0.4) is 0 Å². The molecular formula is C13H26N2O2S. The number of hydrogen-bond acceptors (Lipinski definition) is 4. The summed E-state index contributed by atoms with van der Waals surface area (Å²) >= 11 is 0. The summed E-state index contributed by atoms with van der Waals surface area (Å²) in [6.45, 7) is 5.50. The average Bonchev–Trinajstić information content (AvgIpc) is 3.07. The Morgan fingerprint density at radius 2 is 1.94 bits per heavy atom. The number of hydrogen-bond donors (Lipinski definition) is 1. The van der Waals surface area contributed by atoms with Gasteiger partial charge in [0.2, 0.25) is 0 Å². The second-order valence-corrected chi connectivity index (χ2v) is 8.35. The molecule has 0 spiro atoms. The molecule has 0 aromatic carbocycles. The van der Waals surface area contributed by atoms with Gasteiger partial charge in [-0.05, 0) is 45.7 Å². The van der Waals surface area contributed by atoms with Crippen LogP contribution >= 0.6 is 0 Å². The molecule has 3 atom stereocenters. The Morgan fingerprint density at radius 3 is 2.44 bits per heavy atom.